The topological polar surface area (TPSA) is 108 Å². The van der Waals surface area contributed by atoms with Gasteiger partial charge in [0, 0.05) is 6.04 Å². The van der Waals surface area contributed by atoms with Crippen LogP contribution in [0.4, 0.5) is 5.69 Å². The summed E-state index contributed by atoms with van der Waals surface area (Å²) in [6.07, 6.45) is 0. The first-order valence-electron chi connectivity index (χ1n) is 6.15. The van der Waals surface area contributed by atoms with Crippen LogP contribution in [0.1, 0.15) is 10.4 Å². The summed E-state index contributed by atoms with van der Waals surface area (Å²) in [6, 6.07) is 3.68. The van der Waals surface area contributed by atoms with Gasteiger partial charge in [-0.2, -0.15) is 0 Å². The predicted octanol–water partition coefficient (Wildman–Crippen LogP) is 0.263. The van der Waals surface area contributed by atoms with E-state index in [0.29, 0.717) is 6.61 Å². The number of hydrogen-bond donors (Lipinski definition) is 4. The number of anilines is 1. The highest BCUT2D eigenvalue weighted by molar-refractivity contribution is 6.01. The van der Waals surface area contributed by atoms with Crippen LogP contribution in [0, 0.1) is 5.92 Å². The second-order valence-electron chi connectivity index (χ2n) is 4.56. The van der Waals surface area contributed by atoms with Crippen LogP contribution >= 0.6 is 0 Å². The third-order valence-corrected chi connectivity index (χ3v) is 3.28. The van der Waals surface area contributed by atoms with Gasteiger partial charge in [0.25, 0.3) is 0 Å². The van der Waals surface area contributed by atoms with Crippen molar-refractivity contribution in [3.05, 3.63) is 23.8 Å². The summed E-state index contributed by atoms with van der Waals surface area (Å²) in [5, 5.41) is 23.9. The quantitative estimate of drug-likeness (QED) is 0.589. The van der Waals surface area contributed by atoms with E-state index < -0.39 is 5.97 Å². The summed E-state index contributed by atoms with van der Waals surface area (Å²) in [6.45, 7) is 0.730. The highest BCUT2D eigenvalue weighted by Gasteiger charge is 2.33. The summed E-state index contributed by atoms with van der Waals surface area (Å²) in [4.78, 5) is 23.3. The van der Waals surface area contributed by atoms with Gasteiger partial charge in [0.15, 0.2) is 0 Å². The number of benzene rings is 1. The number of hydrogen-bond acceptors (Lipinski definition) is 5. The SMILES string of the molecule is CNC1COCC1C(=O)Nc1ccc(O)cc1C(=O)O. The molecule has 2 atom stereocenters. The van der Waals surface area contributed by atoms with Gasteiger partial charge in [-0.1, -0.05) is 0 Å². The maximum atomic E-state index is 12.2. The van der Waals surface area contributed by atoms with Crippen molar-refractivity contribution in [3.63, 3.8) is 0 Å². The monoisotopic (exact) mass is 280 g/mol. The van der Waals surface area contributed by atoms with Crippen LogP contribution < -0.4 is 10.6 Å². The summed E-state index contributed by atoms with van der Waals surface area (Å²) < 4.78 is 5.24. The van der Waals surface area contributed by atoms with Crippen LogP contribution in [0.15, 0.2) is 18.2 Å². The van der Waals surface area contributed by atoms with Gasteiger partial charge < -0.3 is 25.6 Å². The Morgan fingerprint density at radius 3 is 2.75 bits per heavy atom. The number of ether oxygens (including phenoxy) is 1. The molecule has 4 N–H and O–H groups in total. The summed E-state index contributed by atoms with van der Waals surface area (Å²) in [7, 11) is 1.74. The average Bonchev–Trinajstić information content (AvgIpc) is 2.89. The molecule has 7 heteroatoms. The Morgan fingerprint density at radius 1 is 1.35 bits per heavy atom. The zero-order valence-electron chi connectivity index (χ0n) is 10.9. The number of phenolic OH excluding ortho intramolecular Hbond substituents is 1. The first kappa shape index (κ1) is 14.3. The number of carboxylic acids is 1. The van der Waals surface area contributed by atoms with Crippen molar-refractivity contribution in [1.29, 1.82) is 0 Å². The van der Waals surface area contributed by atoms with Gasteiger partial charge >= 0.3 is 5.97 Å². The second-order valence-corrected chi connectivity index (χ2v) is 4.56. The van der Waals surface area contributed by atoms with Crippen molar-refractivity contribution in [3.8, 4) is 5.75 Å². The average molecular weight is 280 g/mol. The number of amides is 1. The lowest BCUT2D eigenvalue weighted by Gasteiger charge is -2.17. The van der Waals surface area contributed by atoms with Crippen LogP contribution in [0.25, 0.3) is 0 Å². The maximum absolute atomic E-state index is 12.2. The van der Waals surface area contributed by atoms with Crippen molar-refractivity contribution < 1.29 is 24.5 Å². The third-order valence-electron chi connectivity index (χ3n) is 3.28. The van der Waals surface area contributed by atoms with E-state index in [1.165, 1.54) is 12.1 Å². The fourth-order valence-corrected chi connectivity index (χ4v) is 2.14. The maximum Gasteiger partial charge on any atom is 0.337 e. The summed E-state index contributed by atoms with van der Waals surface area (Å²) >= 11 is 0. The molecule has 1 aliphatic heterocycles. The first-order valence-corrected chi connectivity index (χ1v) is 6.15. The van der Waals surface area contributed by atoms with Crippen LogP contribution in [0.5, 0.6) is 5.75 Å². The Balaban J connectivity index is 2.17. The van der Waals surface area contributed by atoms with Gasteiger partial charge in [-0.3, -0.25) is 4.79 Å². The molecule has 2 unspecified atom stereocenters. The number of nitrogens with one attached hydrogen (secondary N) is 2. The van der Waals surface area contributed by atoms with E-state index in [4.69, 9.17) is 9.84 Å². The second kappa shape index (κ2) is 5.89. The minimum absolute atomic E-state index is 0.0969. The van der Waals surface area contributed by atoms with E-state index in [2.05, 4.69) is 10.6 Å². The fraction of sp³-hybridized carbons (Fsp3) is 0.385. The van der Waals surface area contributed by atoms with Crippen molar-refractivity contribution >= 4 is 17.6 Å². The van der Waals surface area contributed by atoms with Crippen LogP contribution in [-0.4, -0.2) is 48.4 Å². The molecule has 1 aromatic carbocycles. The Bertz CT molecular complexity index is 531. The molecule has 1 aromatic rings. The molecule has 1 heterocycles. The smallest absolute Gasteiger partial charge is 0.337 e. The Labute approximate surface area is 115 Å². The van der Waals surface area contributed by atoms with Crippen LogP contribution in [-0.2, 0) is 9.53 Å². The molecule has 0 radical (unpaired) electrons. The molecule has 1 amide bonds. The standard InChI is InChI=1S/C13H16N2O5/c1-14-11-6-20-5-9(11)12(17)15-10-3-2-7(16)4-8(10)13(18)19/h2-4,9,11,14,16H,5-6H2,1H3,(H,15,17)(H,18,19). The third kappa shape index (κ3) is 2.89. The van der Waals surface area contributed by atoms with Crippen LogP contribution in [0.3, 0.4) is 0 Å². The number of carboxylic acid groups (broad SMARTS) is 1. The van der Waals surface area contributed by atoms with Gasteiger partial charge in [0.05, 0.1) is 30.4 Å². The van der Waals surface area contributed by atoms with E-state index in [0.717, 1.165) is 6.07 Å². The van der Waals surface area contributed by atoms with Gasteiger partial charge in [0.2, 0.25) is 5.91 Å². The van der Waals surface area contributed by atoms with E-state index in [1.54, 1.807) is 7.05 Å². The molecule has 1 saturated heterocycles. The lowest BCUT2D eigenvalue weighted by atomic mass is 10.0. The Morgan fingerprint density at radius 2 is 2.10 bits per heavy atom. The normalized spacial score (nSPS) is 21.6. The molecule has 0 spiro atoms. The lowest BCUT2D eigenvalue weighted by Crippen LogP contribution is -2.39. The molecule has 7 nitrogen and oxygen atoms in total. The molecule has 0 bridgehead atoms. The minimum Gasteiger partial charge on any atom is -0.508 e. The number of carbonyl (C=O) groups is 2. The molecule has 20 heavy (non-hydrogen) atoms. The molecule has 0 saturated carbocycles. The highest BCUT2D eigenvalue weighted by atomic mass is 16.5. The van der Waals surface area contributed by atoms with E-state index in [-0.39, 0.29) is 41.5 Å². The lowest BCUT2D eigenvalue weighted by molar-refractivity contribution is -0.120. The van der Waals surface area contributed by atoms with E-state index in [9.17, 15) is 14.7 Å². The van der Waals surface area contributed by atoms with Crippen molar-refractivity contribution in [2.24, 2.45) is 5.92 Å². The predicted molar refractivity (Wildman–Crippen MR) is 70.9 cm³/mol. The first-order chi connectivity index (χ1) is 9.52. The van der Waals surface area contributed by atoms with Gasteiger partial charge in [-0.15, -0.1) is 0 Å². The zero-order chi connectivity index (χ0) is 14.7. The molecular weight excluding hydrogens is 264 g/mol. The van der Waals surface area contributed by atoms with Gasteiger partial charge in [-0.25, -0.2) is 4.79 Å². The largest absolute Gasteiger partial charge is 0.508 e. The molecular formula is C13H16N2O5. The number of carbonyl (C=O) groups excluding carboxylic acids is 1. The Kier molecular flexibility index (Phi) is 4.21. The van der Waals surface area contributed by atoms with Crippen LogP contribution in [0.2, 0.25) is 0 Å². The molecule has 0 aromatic heterocycles. The number of likely N-dealkylation sites (N-methyl/N-ethyl adjacent to an activating group) is 1. The molecule has 2 rings (SSSR count). The molecule has 1 aliphatic rings. The molecule has 0 aliphatic carbocycles. The van der Waals surface area contributed by atoms with Crippen molar-refractivity contribution in [2.75, 3.05) is 25.6 Å². The minimum atomic E-state index is -1.22. The van der Waals surface area contributed by atoms with Crippen molar-refractivity contribution in [2.45, 2.75) is 6.04 Å². The number of aromatic hydroxyl groups is 1. The summed E-state index contributed by atoms with van der Waals surface area (Å²) in [5.41, 5.74) is 0.000302. The number of phenols is 1. The van der Waals surface area contributed by atoms with Gasteiger partial charge in [-0.05, 0) is 25.2 Å². The highest BCUT2D eigenvalue weighted by Crippen LogP contribution is 2.23. The fourth-order valence-electron chi connectivity index (χ4n) is 2.14. The number of rotatable bonds is 4. The Hall–Kier alpha value is -2.12. The van der Waals surface area contributed by atoms with Gasteiger partial charge in [0.1, 0.15) is 5.75 Å². The van der Waals surface area contributed by atoms with E-state index in [1.807, 2.05) is 0 Å². The molecule has 1 fully saturated rings. The zero-order valence-corrected chi connectivity index (χ0v) is 10.9. The van der Waals surface area contributed by atoms with Crippen molar-refractivity contribution in [1.82, 2.24) is 5.32 Å². The number of aromatic carboxylic acids is 1. The summed E-state index contributed by atoms with van der Waals surface area (Å²) in [5.74, 6) is -2.08. The van der Waals surface area contributed by atoms with E-state index >= 15 is 0 Å². The molecule has 108 valence electrons.